The van der Waals surface area contributed by atoms with Gasteiger partial charge in [-0.3, -0.25) is 9.78 Å². The van der Waals surface area contributed by atoms with E-state index in [2.05, 4.69) is 10.3 Å². The van der Waals surface area contributed by atoms with Crippen LogP contribution in [0.5, 0.6) is 0 Å². The number of carbonyl (C=O) groups excluding carboxylic acids is 1. The summed E-state index contributed by atoms with van der Waals surface area (Å²) in [5.41, 5.74) is 8.73. The molecular formula is C14H14FN3O. The number of hydrogen-bond acceptors (Lipinski definition) is 3. The number of carbonyl (C=O) groups is 1. The molecule has 1 heterocycles. The number of benzene rings is 1. The maximum absolute atomic E-state index is 13.4. The van der Waals surface area contributed by atoms with Crippen molar-refractivity contribution >= 4 is 17.3 Å². The lowest BCUT2D eigenvalue weighted by Crippen LogP contribution is -2.15. The van der Waals surface area contributed by atoms with Gasteiger partial charge in [0.05, 0.1) is 23.1 Å². The largest absolute Gasteiger partial charge is 0.397 e. The van der Waals surface area contributed by atoms with Gasteiger partial charge in [-0.25, -0.2) is 4.39 Å². The first-order valence-electron chi connectivity index (χ1n) is 5.76. The molecule has 3 N–H and O–H groups in total. The van der Waals surface area contributed by atoms with Gasteiger partial charge in [-0.05, 0) is 43.2 Å². The van der Waals surface area contributed by atoms with E-state index in [1.165, 1.54) is 12.3 Å². The average molecular weight is 259 g/mol. The van der Waals surface area contributed by atoms with E-state index in [1.807, 2.05) is 13.8 Å². The van der Waals surface area contributed by atoms with Crippen LogP contribution in [0.2, 0.25) is 0 Å². The van der Waals surface area contributed by atoms with Gasteiger partial charge in [0.1, 0.15) is 0 Å². The summed E-state index contributed by atoms with van der Waals surface area (Å²) in [7, 11) is 0. The Bertz CT molecular complexity index is 641. The second-order valence-corrected chi connectivity index (χ2v) is 4.33. The number of hydrogen-bond donors (Lipinski definition) is 2. The van der Waals surface area contributed by atoms with Crippen molar-refractivity contribution < 1.29 is 9.18 Å². The highest BCUT2D eigenvalue weighted by atomic mass is 19.1. The minimum Gasteiger partial charge on any atom is -0.397 e. The standard InChI is InChI=1S/C14H14FN3O/c1-8-5-12(16)13(6-9(8)2)18-14(19)10-3-4-17-7-11(10)15/h3-7H,16H2,1-2H3,(H,18,19). The molecule has 0 fully saturated rings. The molecule has 2 rings (SSSR count). The van der Waals surface area contributed by atoms with Crippen LogP contribution in [0, 0.1) is 19.7 Å². The van der Waals surface area contributed by atoms with E-state index in [1.54, 1.807) is 12.1 Å². The Morgan fingerprint density at radius 2 is 2.00 bits per heavy atom. The highest BCUT2D eigenvalue weighted by Gasteiger charge is 2.13. The third-order valence-corrected chi connectivity index (χ3v) is 2.93. The zero-order valence-electron chi connectivity index (χ0n) is 10.7. The highest BCUT2D eigenvalue weighted by molar-refractivity contribution is 6.05. The van der Waals surface area contributed by atoms with E-state index in [4.69, 9.17) is 5.73 Å². The molecule has 0 saturated heterocycles. The second-order valence-electron chi connectivity index (χ2n) is 4.33. The summed E-state index contributed by atoms with van der Waals surface area (Å²) in [6.45, 7) is 3.84. The van der Waals surface area contributed by atoms with E-state index in [9.17, 15) is 9.18 Å². The van der Waals surface area contributed by atoms with Crippen molar-refractivity contribution in [3.63, 3.8) is 0 Å². The van der Waals surface area contributed by atoms with Gasteiger partial charge in [-0.2, -0.15) is 0 Å². The number of nitrogens with two attached hydrogens (primary N) is 1. The molecule has 1 amide bonds. The van der Waals surface area contributed by atoms with Crippen molar-refractivity contribution in [3.8, 4) is 0 Å². The fourth-order valence-electron chi connectivity index (χ4n) is 1.70. The van der Waals surface area contributed by atoms with Gasteiger partial charge in [0.15, 0.2) is 5.82 Å². The molecule has 4 nitrogen and oxygen atoms in total. The van der Waals surface area contributed by atoms with Crippen LogP contribution in [0.3, 0.4) is 0 Å². The summed E-state index contributed by atoms with van der Waals surface area (Å²) in [4.78, 5) is 15.5. The van der Waals surface area contributed by atoms with Crippen LogP contribution < -0.4 is 11.1 Å². The van der Waals surface area contributed by atoms with Crippen molar-refractivity contribution in [2.75, 3.05) is 11.1 Å². The van der Waals surface area contributed by atoms with E-state index in [0.29, 0.717) is 11.4 Å². The highest BCUT2D eigenvalue weighted by Crippen LogP contribution is 2.23. The van der Waals surface area contributed by atoms with Crippen LogP contribution in [0.4, 0.5) is 15.8 Å². The summed E-state index contributed by atoms with van der Waals surface area (Å²) in [6.07, 6.45) is 2.36. The Morgan fingerprint density at radius 3 is 2.68 bits per heavy atom. The minimum atomic E-state index is -0.664. The van der Waals surface area contributed by atoms with Crippen LogP contribution in [-0.4, -0.2) is 10.9 Å². The Morgan fingerprint density at radius 1 is 1.32 bits per heavy atom. The molecule has 2 aromatic rings. The lowest BCUT2D eigenvalue weighted by molar-refractivity contribution is 0.102. The molecule has 0 saturated carbocycles. The maximum atomic E-state index is 13.4. The molecule has 19 heavy (non-hydrogen) atoms. The molecule has 0 aliphatic rings. The molecular weight excluding hydrogens is 245 g/mol. The first kappa shape index (κ1) is 13.0. The third kappa shape index (κ3) is 2.70. The molecule has 0 aliphatic carbocycles. The Kier molecular flexibility index (Phi) is 3.46. The predicted molar refractivity (Wildman–Crippen MR) is 72.5 cm³/mol. The molecule has 0 radical (unpaired) electrons. The van der Waals surface area contributed by atoms with E-state index in [-0.39, 0.29) is 5.56 Å². The van der Waals surface area contributed by atoms with E-state index in [0.717, 1.165) is 17.3 Å². The summed E-state index contributed by atoms with van der Waals surface area (Å²) in [5.74, 6) is -1.21. The average Bonchev–Trinajstić information content (AvgIpc) is 2.36. The first-order chi connectivity index (χ1) is 8.99. The predicted octanol–water partition coefficient (Wildman–Crippen LogP) is 2.67. The van der Waals surface area contributed by atoms with Gasteiger partial charge in [0.2, 0.25) is 0 Å². The SMILES string of the molecule is Cc1cc(N)c(NC(=O)c2ccncc2F)cc1C. The number of nitrogen functional groups attached to an aromatic ring is 1. The Labute approximate surface area is 110 Å². The number of amides is 1. The number of aromatic nitrogens is 1. The van der Waals surface area contributed by atoms with Crippen molar-refractivity contribution in [3.05, 3.63) is 53.1 Å². The molecule has 5 heteroatoms. The zero-order valence-corrected chi connectivity index (χ0v) is 10.7. The zero-order chi connectivity index (χ0) is 14.0. The monoisotopic (exact) mass is 259 g/mol. The molecule has 0 bridgehead atoms. The third-order valence-electron chi connectivity index (χ3n) is 2.93. The number of anilines is 2. The molecule has 98 valence electrons. The summed E-state index contributed by atoms with van der Waals surface area (Å²) in [5, 5.41) is 2.60. The Balaban J connectivity index is 2.30. The van der Waals surface area contributed by atoms with Crippen molar-refractivity contribution in [2.24, 2.45) is 0 Å². The smallest absolute Gasteiger partial charge is 0.258 e. The van der Waals surface area contributed by atoms with Crippen molar-refractivity contribution in [1.29, 1.82) is 0 Å². The Hall–Kier alpha value is -2.43. The normalized spacial score (nSPS) is 10.3. The number of nitrogens with one attached hydrogen (secondary N) is 1. The van der Waals surface area contributed by atoms with Gasteiger partial charge in [-0.15, -0.1) is 0 Å². The number of pyridine rings is 1. The minimum absolute atomic E-state index is 0.0624. The van der Waals surface area contributed by atoms with Crippen molar-refractivity contribution in [2.45, 2.75) is 13.8 Å². The molecule has 0 unspecified atom stereocenters. The van der Waals surface area contributed by atoms with Crippen LogP contribution >= 0.6 is 0 Å². The fourth-order valence-corrected chi connectivity index (χ4v) is 1.70. The van der Waals surface area contributed by atoms with Crippen LogP contribution in [0.25, 0.3) is 0 Å². The van der Waals surface area contributed by atoms with Gasteiger partial charge < -0.3 is 11.1 Å². The number of halogens is 1. The van der Waals surface area contributed by atoms with Crippen LogP contribution in [-0.2, 0) is 0 Å². The topological polar surface area (TPSA) is 68.0 Å². The van der Waals surface area contributed by atoms with Crippen molar-refractivity contribution in [1.82, 2.24) is 4.98 Å². The summed E-state index contributed by atoms with van der Waals surface area (Å²) >= 11 is 0. The number of aryl methyl sites for hydroxylation is 2. The first-order valence-corrected chi connectivity index (χ1v) is 5.76. The maximum Gasteiger partial charge on any atom is 0.258 e. The van der Waals surface area contributed by atoms with Gasteiger partial charge in [0, 0.05) is 6.20 Å². The lowest BCUT2D eigenvalue weighted by atomic mass is 10.1. The fraction of sp³-hybridized carbons (Fsp3) is 0.143. The molecule has 0 spiro atoms. The number of rotatable bonds is 2. The van der Waals surface area contributed by atoms with Crippen LogP contribution in [0.1, 0.15) is 21.5 Å². The molecule has 1 aromatic carbocycles. The second kappa shape index (κ2) is 5.06. The molecule has 0 atom stereocenters. The quantitative estimate of drug-likeness (QED) is 0.815. The van der Waals surface area contributed by atoms with Gasteiger partial charge >= 0.3 is 0 Å². The van der Waals surface area contributed by atoms with Crippen LogP contribution in [0.15, 0.2) is 30.6 Å². The molecule has 0 aliphatic heterocycles. The number of nitrogens with zero attached hydrogens (tertiary/aromatic N) is 1. The summed E-state index contributed by atoms with van der Waals surface area (Å²) in [6, 6.07) is 4.86. The summed E-state index contributed by atoms with van der Waals surface area (Å²) < 4.78 is 13.4. The van der Waals surface area contributed by atoms with Gasteiger partial charge in [0.25, 0.3) is 5.91 Å². The van der Waals surface area contributed by atoms with E-state index >= 15 is 0 Å². The molecule has 1 aromatic heterocycles. The van der Waals surface area contributed by atoms with E-state index < -0.39 is 11.7 Å². The van der Waals surface area contributed by atoms with Gasteiger partial charge in [-0.1, -0.05) is 0 Å². The lowest BCUT2D eigenvalue weighted by Gasteiger charge is -2.11.